The fourth-order valence-electron chi connectivity index (χ4n) is 2.30. The van der Waals surface area contributed by atoms with Gasteiger partial charge in [0.15, 0.2) is 0 Å². The van der Waals surface area contributed by atoms with Crippen LogP contribution in [0.4, 0.5) is 5.69 Å². The predicted octanol–water partition coefficient (Wildman–Crippen LogP) is 2.23. The first-order chi connectivity index (χ1) is 11.7. The highest BCUT2D eigenvalue weighted by atomic mass is 16.4. The predicted molar refractivity (Wildman–Crippen MR) is 87.1 cm³/mol. The molecule has 3 heterocycles. The maximum absolute atomic E-state index is 11.9. The van der Waals surface area contributed by atoms with Gasteiger partial charge in [0.2, 0.25) is 11.8 Å². The van der Waals surface area contributed by atoms with E-state index in [1.807, 2.05) is 24.6 Å². The average molecular weight is 326 g/mol. The molecule has 0 saturated carbocycles. The first-order valence-corrected chi connectivity index (χ1v) is 7.73. The number of nitrogens with one attached hydrogen (secondary N) is 1. The summed E-state index contributed by atoms with van der Waals surface area (Å²) in [4.78, 5) is 15.9. The SMILES string of the molecule is CCn1nc(C)cc1-c1nnc(CCC(=O)Nc2cccnc2)o1. The van der Waals surface area contributed by atoms with Crippen molar-refractivity contribution in [3.8, 4) is 11.6 Å². The van der Waals surface area contributed by atoms with Crippen molar-refractivity contribution in [3.63, 3.8) is 0 Å². The maximum atomic E-state index is 11.9. The second-order valence-corrected chi connectivity index (χ2v) is 5.28. The normalized spacial score (nSPS) is 10.8. The van der Waals surface area contributed by atoms with Crippen LogP contribution in [0.5, 0.6) is 0 Å². The quantitative estimate of drug-likeness (QED) is 0.746. The Kier molecular flexibility index (Phi) is 4.64. The van der Waals surface area contributed by atoms with E-state index in [4.69, 9.17) is 4.42 Å². The summed E-state index contributed by atoms with van der Waals surface area (Å²) in [7, 11) is 0. The van der Waals surface area contributed by atoms with E-state index in [1.165, 1.54) is 0 Å². The third-order valence-corrected chi connectivity index (χ3v) is 3.40. The van der Waals surface area contributed by atoms with Crippen LogP contribution in [0.2, 0.25) is 0 Å². The fourth-order valence-corrected chi connectivity index (χ4v) is 2.30. The average Bonchev–Trinajstić information content (AvgIpc) is 3.20. The van der Waals surface area contributed by atoms with Gasteiger partial charge in [-0.15, -0.1) is 10.2 Å². The van der Waals surface area contributed by atoms with E-state index in [-0.39, 0.29) is 12.3 Å². The molecule has 8 nitrogen and oxygen atoms in total. The number of anilines is 1. The number of aromatic nitrogens is 5. The van der Waals surface area contributed by atoms with Crippen LogP contribution in [0.15, 0.2) is 35.0 Å². The molecule has 0 fully saturated rings. The Hall–Kier alpha value is -3.03. The van der Waals surface area contributed by atoms with Crippen LogP contribution in [0.3, 0.4) is 0 Å². The van der Waals surface area contributed by atoms with E-state index in [0.717, 1.165) is 11.4 Å². The molecule has 3 rings (SSSR count). The molecule has 3 aromatic rings. The molecule has 0 aromatic carbocycles. The number of amides is 1. The molecular weight excluding hydrogens is 308 g/mol. The molecule has 0 atom stereocenters. The second-order valence-electron chi connectivity index (χ2n) is 5.28. The summed E-state index contributed by atoms with van der Waals surface area (Å²) in [5.74, 6) is 0.713. The molecule has 24 heavy (non-hydrogen) atoms. The van der Waals surface area contributed by atoms with Gasteiger partial charge in [-0.1, -0.05) is 0 Å². The van der Waals surface area contributed by atoms with E-state index >= 15 is 0 Å². The van der Waals surface area contributed by atoms with Crippen molar-refractivity contribution in [1.82, 2.24) is 25.0 Å². The highest BCUT2D eigenvalue weighted by Gasteiger charge is 2.15. The highest BCUT2D eigenvalue weighted by Crippen LogP contribution is 2.19. The first-order valence-electron chi connectivity index (χ1n) is 7.73. The largest absolute Gasteiger partial charge is 0.419 e. The smallest absolute Gasteiger partial charge is 0.265 e. The molecule has 0 aliphatic heterocycles. The van der Waals surface area contributed by atoms with Crippen LogP contribution >= 0.6 is 0 Å². The molecule has 0 bridgehead atoms. The van der Waals surface area contributed by atoms with Crippen LogP contribution < -0.4 is 5.32 Å². The first kappa shape index (κ1) is 15.9. The van der Waals surface area contributed by atoms with E-state index < -0.39 is 0 Å². The lowest BCUT2D eigenvalue weighted by Gasteiger charge is -2.02. The Balaban J connectivity index is 1.61. The summed E-state index contributed by atoms with van der Waals surface area (Å²) in [5.41, 5.74) is 2.34. The summed E-state index contributed by atoms with van der Waals surface area (Å²) >= 11 is 0. The summed E-state index contributed by atoms with van der Waals surface area (Å²) in [6, 6.07) is 5.44. The van der Waals surface area contributed by atoms with E-state index in [9.17, 15) is 4.79 Å². The third kappa shape index (κ3) is 3.65. The van der Waals surface area contributed by atoms with Gasteiger partial charge in [-0.25, -0.2) is 0 Å². The molecular formula is C16H18N6O2. The number of pyridine rings is 1. The van der Waals surface area contributed by atoms with Gasteiger partial charge in [0.1, 0.15) is 5.69 Å². The monoisotopic (exact) mass is 326 g/mol. The van der Waals surface area contributed by atoms with Gasteiger partial charge in [-0.2, -0.15) is 5.10 Å². The minimum absolute atomic E-state index is 0.128. The van der Waals surface area contributed by atoms with Crippen LogP contribution in [0.1, 0.15) is 24.9 Å². The van der Waals surface area contributed by atoms with Gasteiger partial charge in [-0.05, 0) is 32.0 Å². The fraction of sp³-hybridized carbons (Fsp3) is 0.312. The molecule has 0 saturated heterocycles. The molecule has 124 valence electrons. The zero-order valence-corrected chi connectivity index (χ0v) is 13.6. The van der Waals surface area contributed by atoms with Crippen LogP contribution in [0, 0.1) is 6.92 Å². The lowest BCUT2D eigenvalue weighted by molar-refractivity contribution is -0.116. The highest BCUT2D eigenvalue weighted by molar-refractivity contribution is 5.90. The number of rotatable bonds is 6. The minimum atomic E-state index is -0.128. The Morgan fingerprint density at radius 2 is 2.25 bits per heavy atom. The summed E-state index contributed by atoms with van der Waals surface area (Å²) in [6.45, 7) is 4.63. The van der Waals surface area contributed by atoms with Crippen molar-refractivity contribution in [2.45, 2.75) is 33.2 Å². The Labute approximate surface area is 138 Å². The Morgan fingerprint density at radius 3 is 3.00 bits per heavy atom. The molecule has 3 aromatic heterocycles. The van der Waals surface area contributed by atoms with Crippen molar-refractivity contribution >= 4 is 11.6 Å². The molecule has 0 spiro atoms. The van der Waals surface area contributed by atoms with Gasteiger partial charge >= 0.3 is 0 Å². The Bertz CT molecular complexity index is 824. The van der Waals surface area contributed by atoms with Crippen molar-refractivity contribution in [1.29, 1.82) is 0 Å². The number of hydrogen-bond donors (Lipinski definition) is 1. The topological polar surface area (TPSA) is 98.7 Å². The maximum Gasteiger partial charge on any atom is 0.265 e. The van der Waals surface area contributed by atoms with Crippen LogP contribution in [-0.2, 0) is 17.8 Å². The lowest BCUT2D eigenvalue weighted by Crippen LogP contribution is -2.12. The third-order valence-electron chi connectivity index (χ3n) is 3.40. The van der Waals surface area contributed by atoms with Crippen molar-refractivity contribution < 1.29 is 9.21 Å². The van der Waals surface area contributed by atoms with Gasteiger partial charge in [0, 0.05) is 25.6 Å². The van der Waals surface area contributed by atoms with E-state index in [0.29, 0.717) is 30.4 Å². The van der Waals surface area contributed by atoms with Crippen LogP contribution in [0.25, 0.3) is 11.6 Å². The summed E-state index contributed by atoms with van der Waals surface area (Å²) in [5, 5.41) is 15.2. The van der Waals surface area contributed by atoms with Gasteiger partial charge in [-0.3, -0.25) is 14.5 Å². The molecule has 8 heteroatoms. The van der Waals surface area contributed by atoms with Crippen LogP contribution in [-0.4, -0.2) is 30.9 Å². The number of aryl methyl sites for hydroxylation is 3. The zero-order valence-electron chi connectivity index (χ0n) is 13.6. The number of carbonyl (C=O) groups excluding carboxylic acids is 1. The van der Waals surface area contributed by atoms with E-state index in [2.05, 4.69) is 25.6 Å². The number of carbonyl (C=O) groups is 1. The summed E-state index contributed by atoms with van der Waals surface area (Å²) < 4.78 is 7.46. The number of nitrogens with zero attached hydrogens (tertiary/aromatic N) is 5. The molecule has 0 aliphatic carbocycles. The lowest BCUT2D eigenvalue weighted by atomic mass is 10.3. The van der Waals surface area contributed by atoms with Crippen molar-refractivity contribution in [2.24, 2.45) is 0 Å². The van der Waals surface area contributed by atoms with Gasteiger partial charge in [0.05, 0.1) is 17.6 Å². The standard InChI is InChI=1S/C16H18N6O2/c1-3-22-13(9-11(2)21-22)16-20-19-15(24-16)7-6-14(23)18-12-5-4-8-17-10-12/h4-5,8-10H,3,6-7H2,1-2H3,(H,18,23). The second kappa shape index (κ2) is 7.03. The summed E-state index contributed by atoms with van der Waals surface area (Å²) in [6.07, 6.45) is 3.87. The Morgan fingerprint density at radius 1 is 1.38 bits per heavy atom. The molecule has 0 unspecified atom stereocenters. The molecule has 0 radical (unpaired) electrons. The number of hydrogen-bond acceptors (Lipinski definition) is 6. The van der Waals surface area contributed by atoms with E-state index in [1.54, 1.807) is 24.5 Å². The molecule has 0 aliphatic rings. The van der Waals surface area contributed by atoms with Gasteiger partial charge in [0.25, 0.3) is 5.89 Å². The molecule has 1 N–H and O–H groups in total. The van der Waals surface area contributed by atoms with Crippen molar-refractivity contribution in [3.05, 3.63) is 42.2 Å². The minimum Gasteiger partial charge on any atom is -0.419 e. The van der Waals surface area contributed by atoms with Gasteiger partial charge < -0.3 is 9.73 Å². The molecule has 1 amide bonds. The van der Waals surface area contributed by atoms with Crippen molar-refractivity contribution in [2.75, 3.05) is 5.32 Å². The zero-order chi connectivity index (χ0) is 16.9.